The van der Waals surface area contributed by atoms with Gasteiger partial charge in [-0.3, -0.25) is 9.69 Å². The van der Waals surface area contributed by atoms with E-state index in [2.05, 4.69) is 0 Å². The van der Waals surface area contributed by atoms with Gasteiger partial charge >= 0.3 is 24.6 Å². The van der Waals surface area contributed by atoms with Crippen LogP contribution in [0.25, 0.3) is 0 Å². The molecule has 0 aliphatic carbocycles. The number of hydrogen-bond donors (Lipinski definition) is 0. The Balaban J connectivity index is 2.22. The van der Waals surface area contributed by atoms with Crippen LogP contribution in [0.1, 0.15) is 74.4 Å². The highest BCUT2D eigenvalue weighted by Gasteiger charge is 2.46. The van der Waals surface area contributed by atoms with Crippen LogP contribution in [0.5, 0.6) is 0 Å². The van der Waals surface area contributed by atoms with E-state index in [-0.39, 0.29) is 24.5 Å². The molecule has 0 aromatic heterocycles. The maximum Gasteiger partial charge on any atom is 0.418 e. The predicted molar refractivity (Wildman–Crippen MR) is 130 cm³/mol. The summed E-state index contributed by atoms with van der Waals surface area (Å²) in [5.41, 5.74) is -5.65. The summed E-state index contributed by atoms with van der Waals surface area (Å²) in [5, 5.41) is 0. The molecule has 1 heterocycles. The van der Waals surface area contributed by atoms with Crippen LogP contribution in [-0.2, 0) is 34.6 Å². The van der Waals surface area contributed by atoms with E-state index in [1.54, 1.807) is 6.92 Å². The number of halogens is 9. The zero-order chi connectivity index (χ0) is 31.1. The molecule has 2 aromatic carbocycles. The van der Waals surface area contributed by atoms with Gasteiger partial charge in [-0.25, -0.2) is 4.79 Å². The lowest BCUT2D eigenvalue weighted by Crippen LogP contribution is -2.49. The minimum Gasteiger partial charge on any atom is -0.446 e. The molecule has 226 valence electrons. The van der Waals surface area contributed by atoms with Crippen molar-refractivity contribution in [3.63, 3.8) is 0 Å². The molecule has 0 fully saturated rings. The summed E-state index contributed by atoms with van der Waals surface area (Å²) < 4.78 is 128. The quantitative estimate of drug-likeness (QED) is 0.325. The van der Waals surface area contributed by atoms with E-state index in [0.29, 0.717) is 12.1 Å². The van der Waals surface area contributed by atoms with Gasteiger partial charge in [0.2, 0.25) is 5.91 Å². The van der Waals surface area contributed by atoms with Crippen LogP contribution in [-0.4, -0.2) is 29.0 Å². The van der Waals surface area contributed by atoms with E-state index in [1.807, 2.05) is 0 Å². The number of nitrogens with zero attached hydrogens (tertiary/aromatic N) is 2. The number of amides is 2. The Kier molecular flexibility index (Phi) is 8.95. The lowest BCUT2D eigenvalue weighted by molar-refractivity contribution is -0.143. The van der Waals surface area contributed by atoms with Crippen molar-refractivity contribution in [1.29, 1.82) is 0 Å². The number of anilines is 1. The number of alkyl halides is 9. The number of para-hydroxylation sites is 1. The minimum atomic E-state index is -5.14. The summed E-state index contributed by atoms with van der Waals surface area (Å²) in [5.74, 6) is -0.808. The molecule has 1 aliphatic rings. The van der Waals surface area contributed by atoms with Crippen molar-refractivity contribution in [2.75, 3.05) is 4.90 Å². The summed E-state index contributed by atoms with van der Waals surface area (Å²) >= 11 is 0. The van der Waals surface area contributed by atoms with Crippen LogP contribution < -0.4 is 4.90 Å². The van der Waals surface area contributed by atoms with E-state index in [1.165, 1.54) is 19.9 Å². The van der Waals surface area contributed by atoms with E-state index >= 15 is 0 Å². The van der Waals surface area contributed by atoms with Crippen LogP contribution in [0, 0.1) is 0 Å². The molecule has 0 bridgehead atoms. The van der Waals surface area contributed by atoms with E-state index in [9.17, 15) is 49.1 Å². The molecule has 0 spiro atoms. The Bertz CT molecular complexity index is 1250. The minimum absolute atomic E-state index is 0.0571. The zero-order valence-corrected chi connectivity index (χ0v) is 22.3. The SMILES string of the molecule is CC[C@@H]1C[C@H](N(Cc2cc(C(F)(F)F)cc(C(F)(F)F)c2)C(C)=O)c2cccc(C(F)(F)F)c2N1C(=O)OC(C)C. The number of fused-ring (bicyclic) bond motifs is 1. The monoisotopic (exact) mass is 598 g/mol. The van der Waals surface area contributed by atoms with Gasteiger partial charge in [-0.1, -0.05) is 19.1 Å². The highest BCUT2D eigenvalue weighted by atomic mass is 19.4. The summed E-state index contributed by atoms with van der Waals surface area (Å²) in [6.07, 6.45) is -17.0. The first-order chi connectivity index (χ1) is 18.8. The fourth-order valence-electron chi connectivity index (χ4n) is 4.89. The molecule has 2 aromatic rings. The largest absolute Gasteiger partial charge is 0.446 e. The van der Waals surface area contributed by atoms with Crippen molar-refractivity contribution < 1.29 is 53.8 Å². The van der Waals surface area contributed by atoms with Crippen LogP contribution >= 0.6 is 0 Å². The second-order valence-corrected chi connectivity index (χ2v) is 9.92. The summed E-state index contributed by atoms with van der Waals surface area (Å²) in [7, 11) is 0. The third kappa shape index (κ3) is 7.07. The molecule has 0 saturated heterocycles. The number of carbonyl (C=O) groups excluding carboxylic acids is 2. The maximum atomic E-state index is 14.2. The van der Waals surface area contributed by atoms with Gasteiger partial charge in [0.25, 0.3) is 0 Å². The lowest BCUT2D eigenvalue weighted by Gasteiger charge is -2.45. The normalized spacial score (nSPS) is 17.9. The van der Waals surface area contributed by atoms with Gasteiger partial charge in [-0.15, -0.1) is 0 Å². The van der Waals surface area contributed by atoms with Crippen molar-refractivity contribution in [3.05, 3.63) is 64.2 Å². The molecule has 5 nitrogen and oxygen atoms in total. The average molecular weight is 599 g/mol. The molecule has 2 amide bonds. The van der Waals surface area contributed by atoms with Crippen LogP contribution in [0.4, 0.5) is 50.0 Å². The number of hydrogen-bond acceptors (Lipinski definition) is 3. The van der Waals surface area contributed by atoms with Gasteiger partial charge in [0.1, 0.15) is 0 Å². The Hall–Kier alpha value is -3.45. The fourth-order valence-corrected chi connectivity index (χ4v) is 4.89. The molecule has 14 heteroatoms. The van der Waals surface area contributed by atoms with Gasteiger partial charge < -0.3 is 9.64 Å². The Morgan fingerprint density at radius 2 is 1.51 bits per heavy atom. The van der Waals surface area contributed by atoms with Gasteiger partial charge in [-0.2, -0.15) is 39.5 Å². The first kappa shape index (κ1) is 32.1. The van der Waals surface area contributed by atoms with Crippen LogP contribution in [0.2, 0.25) is 0 Å². The smallest absolute Gasteiger partial charge is 0.418 e. The molecule has 0 N–H and O–H groups in total. The first-order valence-corrected chi connectivity index (χ1v) is 12.5. The summed E-state index contributed by atoms with van der Waals surface area (Å²) in [4.78, 5) is 27.6. The van der Waals surface area contributed by atoms with E-state index in [4.69, 9.17) is 4.74 Å². The lowest BCUT2D eigenvalue weighted by atomic mass is 9.86. The molecule has 0 saturated carbocycles. The molecule has 2 atom stereocenters. The van der Waals surface area contributed by atoms with Gasteiger partial charge in [0.05, 0.1) is 34.5 Å². The van der Waals surface area contributed by atoms with Crippen molar-refractivity contribution in [1.82, 2.24) is 4.90 Å². The third-order valence-electron chi connectivity index (χ3n) is 6.62. The second-order valence-electron chi connectivity index (χ2n) is 9.92. The van der Waals surface area contributed by atoms with Crippen molar-refractivity contribution in [3.8, 4) is 0 Å². The van der Waals surface area contributed by atoms with Crippen LogP contribution in [0.15, 0.2) is 36.4 Å². The Morgan fingerprint density at radius 3 is 1.95 bits per heavy atom. The molecule has 0 unspecified atom stereocenters. The highest BCUT2D eigenvalue weighted by molar-refractivity contribution is 5.92. The average Bonchev–Trinajstić information content (AvgIpc) is 2.83. The van der Waals surface area contributed by atoms with Crippen molar-refractivity contribution in [2.24, 2.45) is 0 Å². The molecule has 0 radical (unpaired) electrons. The number of carbonyl (C=O) groups is 2. The fraction of sp³-hybridized carbons (Fsp3) is 0.481. The van der Waals surface area contributed by atoms with Gasteiger partial charge in [0.15, 0.2) is 0 Å². The summed E-state index contributed by atoms with van der Waals surface area (Å²) in [6, 6.07) is 1.73. The zero-order valence-electron chi connectivity index (χ0n) is 22.3. The first-order valence-electron chi connectivity index (χ1n) is 12.5. The number of ether oxygens (including phenoxy) is 1. The highest BCUT2D eigenvalue weighted by Crippen LogP contribution is 2.48. The second kappa shape index (κ2) is 11.4. The number of benzene rings is 2. The molecular formula is C27H27F9N2O3. The maximum absolute atomic E-state index is 14.2. The van der Waals surface area contributed by atoms with Crippen molar-refractivity contribution >= 4 is 17.7 Å². The number of rotatable bonds is 5. The summed E-state index contributed by atoms with van der Waals surface area (Å²) in [6.45, 7) is 4.83. The Morgan fingerprint density at radius 1 is 0.951 bits per heavy atom. The topological polar surface area (TPSA) is 49.9 Å². The van der Waals surface area contributed by atoms with E-state index in [0.717, 1.165) is 28.9 Å². The molecule has 1 aliphatic heterocycles. The molecule has 3 rings (SSSR count). The standard InChI is InChI=1S/C27H27F9N2O3/c1-5-19-12-22(20-7-6-8-21(27(34,35)36)23(20)38(19)24(40)41-14(2)3)37(15(4)39)13-16-9-17(25(28,29)30)11-18(10-16)26(31,32)33/h6-11,14,19,22H,5,12-13H2,1-4H3/t19-,22+/m1/s1. The molecular weight excluding hydrogens is 571 g/mol. The van der Waals surface area contributed by atoms with Crippen molar-refractivity contribution in [2.45, 2.75) is 83.8 Å². The van der Waals surface area contributed by atoms with Crippen LogP contribution in [0.3, 0.4) is 0 Å². The van der Waals surface area contributed by atoms with E-state index < -0.39 is 83.2 Å². The van der Waals surface area contributed by atoms with Gasteiger partial charge in [0, 0.05) is 19.5 Å². The Labute approximate surface area is 229 Å². The molecule has 41 heavy (non-hydrogen) atoms. The third-order valence-corrected chi connectivity index (χ3v) is 6.62. The van der Waals surface area contributed by atoms with Gasteiger partial charge in [-0.05, 0) is 62.1 Å². The predicted octanol–water partition coefficient (Wildman–Crippen LogP) is 8.37.